The lowest BCUT2D eigenvalue weighted by Crippen LogP contribution is -2.26. The van der Waals surface area contributed by atoms with Crippen molar-refractivity contribution in [1.82, 2.24) is 5.32 Å². The van der Waals surface area contributed by atoms with E-state index in [0.717, 1.165) is 24.4 Å². The minimum Gasteiger partial charge on any atom is -0.310 e. The summed E-state index contributed by atoms with van der Waals surface area (Å²) >= 11 is 0. The summed E-state index contributed by atoms with van der Waals surface area (Å²) < 4.78 is 0. The van der Waals surface area contributed by atoms with Crippen LogP contribution in [0.5, 0.6) is 0 Å². The first kappa shape index (κ1) is 15.1. The van der Waals surface area contributed by atoms with Crippen LogP contribution in [-0.2, 0) is 0 Å². The Morgan fingerprint density at radius 3 is 2.16 bits per heavy atom. The first-order chi connectivity index (χ1) is 8.99. The van der Waals surface area contributed by atoms with Crippen LogP contribution in [0, 0.1) is 17.3 Å². The molecule has 0 atom stereocenters. The van der Waals surface area contributed by atoms with Gasteiger partial charge >= 0.3 is 0 Å². The zero-order valence-electron chi connectivity index (χ0n) is 13.5. The molecule has 0 aromatic rings. The van der Waals surface area contributed by atoms with Crippen molar-refractivity contribution in [3.05, 3.63) is 11.6 Å². The molecule has 2 fully saturated rings. The molecule has 1 N–H and O–H groups in total. The van der Waals surface area contributed by atoms with Gasteiger partial charge in [0.25, 0.3) is 0 Å². The summed E-state index contributed by atoms with van der Waals surface area (Å²) in [5.41, 5.74) is 2.15. The fourth-order valence-corrected chi connectivity index (χ4v) is 3.35. The van der Waals surface area contributed by atoms with Crippen LogP contribution in [0.15, 0.2) is 11.6 Å². The van der Waals surface area contributed by atoms with E-state index >= 15 is 0 Å². The lowest BCUT2D eigenvalue weighted by atomic mass is 9.69. The van der Waals surface area contributed by atoms with Gasteiger partial charge < -0.3 is 5.32 Å². The molecule has 0 saturated heterocycles. The monoisotopic (exact) mass is 263 g/mol. The molecule has 19 heavy (non-hydrogen) atoms. The molecular weight excluding hydrogens is 230 g/mol. The van der Waals surface area contributed by atoms with Gasteiger partial charge in [0, 0.05) is 12.6 Å². The number of hydrogen-bond donors (Lipinski definition) is 1. The second kappa shape index (κ2) is 6.43. The maximum absolute atomic E-state index is 3.66. The molecule has 2 aliphatic rings. The normalized spacial score (nSPS) is 29.6. The molecule has 0 unspecified atom stereocenters. The zero-order chi connectivity index (χ0) is 13.9. The average Bonchev–Trinajstić information content (AvgIpc) is 3.18. The molecule has 0 aromatic carbocycles. The lowest BCUT2D eigenvalue weighted by molar-refractivity contribution is 0.162. The van der Waals surface area contributed by atoms with E-state index in [4.69, 9.17) is 0 Å². The van der Waals surface area contributed by atoms with Crippen molar-refractivity contribution in [1.29, 1.82) is 0 Å². The molecule has 0 heterocycles. The van der Waals surface area contributed by atoms with E-state index in [2.05, 4.69) is 39.1 Å². The molecule has 0 amide bonds. The third kappa shape index (κ3) is 4.95. The molecule has 2 aliphatic carbocycles. The van der Waals surface area contributed by atoms with Gasteiger partial charge in [-0.1, -0.05) is 39.3 Å². The Hall–Kier alpha value is -0.300. The summed E-state index contributed by atoms with van der Waals surface area (Å²) in [5, 5.41) is 3.66. The molecule has 2 rings (SSSR count). The minimum absolute atomic E-state index is 0.510. The van der Waals surface area contributed by atoms with E-state index in [9.17, 15) is 0 Å². The summed E-state index contributed by atoms with van der Waals surface area (Å²) in [6.45, 7) is 10.7. The van der Waals surface area contributed by atoms with Gasteiger partial charge in [0.2, 0.25) is 0 Å². The fourth-order valence-electron chi connectivity index (χ4n) is 3.35. The Morgan fingerprint density at radius 1 is 1.05 bits per heavy atom. The Balaban J connectivity index is 1.78. The van der Waals surface area contributed by atoms with E-state index in [1.54, 1.807) is 5.57 Å². The summed E-state index contributed by atoms with van der Waals surface area (Å²) in [4.78, 5) is 0. The highest BCUT2D eigenvalue weighted by atomic mass is 14.9. The van der Waals surface area contributed by atoms with Crippen molar-refractivity contribution in [3.8, 4) is 0 Å². The highest BCUT2D eigenvalue weighted by molar-refractivity contribution is 5.08. The van der Waals surface area contributed by atoms with Crippen LogP contribution in [0.3, 0.4) is 0 Å². The van der Waals surface area contributed by atoms with E-state index < -0.39 is 0 Å². The van der Waals surface area contributed by atoms with E-state index in [1.807, 2.05) is 0 Å². The van der Waals surface area contributed by atoms with Crippen LogP contribution in [0.4, 0.5) is 0 Å². The van der Waals surface area contributed by atoms with Crippen molar-refractivity contribution in [2.45, 2.75) is 78.7 Å². The van der Waals surface area contributed by atoms with Gasteiger partial charge in [-0.15, -0.1) is 0 Å². The van der Waals surface area contributed by atoms with Gasteiger partial charge in [0.1, 0.15) is 0 Å². The first-order valence-electron chi connectivity index (χ1n) is 8.42. The SMILES string of the molecule is CCC(=CC1CCC(C(C)(C)C)CC1)CNC1CC1. The highest BCUT2D eigenvalue weighted by Crippen LogP contribution is 2.40. The van der Waals surface area contributed by atoms with Crippen LogP contribution in [-0.4, -0.2) is 12.6 Å². The van der Waals surface area contributed by atoms with Crippen molar-refractivity contribution in [3.63, 3.8) is 0 Å². The largest absolute Gasteiger partial charge is 0.310 e. The lowest BCUT2D eigenvalue weighted by Gasteiger charge is -2.36. The van der Waals surface area contributed by atoms with Gasteiger partial charge in [-0.25, -0.2) is 0 Å². The average molecular weight is 263 g/mol. The molecule has 1 nitrogen and oxygen atoms in total. The second-order valence-corrected chi connectivity index (χ2v) is 7.81. The standard InChI is InChI=1S/C18H33N/c1-5-14(13-19-17-10-11-17)12-15-6-8-16(9-7-15)18(2,3)4/h12,15-17,19H,5-11,13H2,1-4H3. The van der Waals surface area contributed by atoms with Gasteiger partial charge in [-0.3, -0.25) is 0 Å². The van der Waals surface area contributed by atoms with Crippen LogP contribution in [0.25, 0.3) is 0 Å². The smallest absolute Gasteiger partial charge is 0.0167 e. The van der Waals surface area contributed by atoms with Crippen LogP contribution < -0.4 is 5.32 Å². The van der Waals surface area contributed by atoms with Crippen LogP contribution in [0.1, 0.15) is 72.6 Å². The molecule has 110 valence electrons. The summed E-state index contributed by atoms with van der Waals surface area (Å²) in [7, 11) is 0. The number of nitrogens with one attached hydrogen (secondary N) is 1. The predicted molar refractivity (Wildman–Crippen MR) is 84.3 cm³/mol. The van der Waals surface area contributed by atoms with E-state index in [0.29, 0.717) is 5.41 Å². The molecule has 1 heteroatoms. The second-order valence-electron chi connectivity index (χ2n) is 7.81. The number of rotatable bonds is 5. The van der Waals surface area contributed by atoms with E-state index in [1.165, 1.54) is 44.9 Å². The van der Waals surface area contributed by atoms with Gasteiger partial charge in [0.05, 0.1) is 0 Å². The quantitative estimate of drug-likeness (QED) is 0.694. The number of allylic oxidation sites excluding steroid dienone is 1. The molecule has 0 spiro atoms. The van der Waals surface area contributed by atoms with Crippen molar-refractivity contribution >= 4 is 0 Å². The van der Waals surface area contributed by atoms with Crippen molar-refractivity contribution in [2.24, 2.45) is 17.3 Å². The Labute approximate surface area is 120 Å². The van der Waals surface area contributed by atoms with Crippen molar-refractivity contribution < 1.29 is 0 Å². The molecule has 0 aromatic heterocycles. The molecular formula is C18H33N. The Morgan fingerprint density at radius 2 is 1.68 bits per heavy atom. The summed E-state index contributed by atoms with van der Waals surface area (Å²) in [6, 6.07) is 0.839. The third-order valence-electron chi connectivity index (χ3n) is 5.12. The third-order valence-corrected chi connectivity index (χ3v) is 5.12. The van der Waals surface area contributed by atoms with E-state index in [-0.39, 0.29) is 0 Å². The van der Waals surface area contributed by atoms with Gasteiger partial charge in [-0.2, -0.15) is 0 Å². The Bertz CT molecular complexity index is 298. The Kier molecular flexibility index (Phi) is 5.11. The fraction of sp³-hybridized carbons (Fsp3) is 0.889. The maximum Gasteiger partial charge on any atom is 0.0167 e. The molecule has 2 saturated carbocycles. The summed E-state index contributed by atoms with van der Waals surface area (Å²) in [5.74, 6) is 1.79. The van der Waals surface area contributed by atoms with Crippen molar-refractivity contribution in [2.75, 3.05) is 6.54 Å². The highest BCUT2D eigenvalue weighted by Gasteiger charge is 2.29. The molecule has 0 aliphatic heterocycles. The zero-order valence-corrected chi connectivity index (χ0v) is 13.5. The maximum atomic E-state index is 3.66. The summed E-state index contributed by atoms with van der Waals surface area (Å²) in [6.07, 6.45) is 12.3. The predicted octanol–water partition coefficient (Wildman–Crippen LogP) is 4.93. The van der Waals surface area contributed by atoms with Crippen LogP contribution >= 0.6 is 0 Å². The van der Waals surface area contributed by atoms with Gasteiger partial charge in [0.15, 0.2) is 0 Å². The van der Waals surface area contributed by atoms with Gasteiger partial charge in [-0.05, 0) is 62.2 Å². The minimum atomic E-state index is 0.510. The first-order valence-corrected chi connectivity index (χ1v) is 8.42. The number of hydrogen-bond acceptors (Lipinski definition) is 1. The molecule has 0 radical (unpaired) electrons. The topological polar surface area (TPSA) is 12.0 Å². The van der Waals surface area contributed by atoms with Crippen LogP contribution in [0.2, 0.25) is 0 Å². The molecule has 0 bridgehead atoms.